The van der Waals surface area contributed by atoms with E-state index in [0.717, 1.165) is 0 Å². The molecule has 208 valence electrons. The Morgan fingerprint density at radius 3 is 2.54 bits per heavy atom. The van der Waals surface area contributed by atoms with E-state index < -0.39 is 17.7 Å². The fourth-order valence-electron chi connectivity index (χ4n) is 4.74. The molecule has 9 nitrogen and oxygen atoms in total. The maximum atomic E-state index is 15.0. The molecule has 0 saturated heterocycles. The lowest BCUT2D eigenvalue weighted by Gasteiger charge is -2.34. The van der Waals surface area contributed by atoms with E-state index in [-0.39, 0.29) is 58.6 Å². The predicted octanol–water partition coefficient (Wildman–Crippen LogP) is 4.57. The number of halogens is 2. The second-order valence-electron chi connectivity index (χ2n) is 9.45. The number of aliphatic hydroxyl groups is 1. The minimum atomic E-state index is -3.21. The van der Waals surface area contributed by atoms with Crippen LogP contribution in [0.3, 0.4) is 0 Å². The van der Waals surface area contributed by atoms with Crippen molar-refractivity contribution in [1.29, 1.82) is 5.26 Å². The number of alkyl halides is 2. The van der Waals surface area contributed by atoms with Crippen LogP contribution in [0, 0.1) is 11.3 Å². The Morgan fingerprint density at radius 1 is 1.15 bits per heavy atom. The summed E-state index contributed by atoms with van der Waals surface area (Å²) < 4.78 is 36.9. The van der Waals surface area contributed by atoms with Crippen molar-refractivity contribution in [3.8, 4) is 11.8 Å². The number of ether oxygens (including phenoxy) is 1. The van der Waals surface area contributed by atoms with E-state index in [1.807, 2.05) is 13.0 Å². The van der Waals surface area contributed by atoms with Crippen molar-refractivity contribution in [2.24, 2.45) is 0 Å². The predicted molar refractivity (Wildman–Crippen MR) is 146 cm³/mol. The third-order valence-electron chi connectivity index (χ3n) is 6.74. The van der Waals surface area contributed by atoms with E-state index in [2.05, 4.69) is 10.4 Å². The first-order chi connectivity index (χ1) is 19.7. The van der Waals surface area contributed by atoms with Crippen molar-refractivity contribution in [3.63, 3.8) is 0 Å². The smallest absolute Gasteiger partial charge is 0.298 e. The summed E-state index contributed by atoms with van der Waals surface area (Å²) in [5.41, 5.74) is 0.668. The highest BCUT2D eigenvalue weighted by Crippen LogP contribution is 2.37. The third-order valence-corrected chi connectivity index (χ3v) is 6.74. The number of carbonyl (C=O) groups excluding carboxylic acids is 2. The first-order valence-electron chi connectivity index (χ1n) is 12.8. The topological polar surface area (TPSA) is 120 Å². The van der Waals surface area contributed by atoms with Crippen LogP contribution in [0.15, 0.2) is 79.0 Å². The molecule has 0 saturated carbocycles. The summed E-state index contributed by atoms with van der Waals surface area (Å²) in [5.74, 6) is -4.00. The number of nitrogens with zero attached hydrogens (tertiary/aromatic N) is 4. The number of rotatable bonds is 8. The quantitative estimate of drug-likeness (QED) is 0.328. The molecule has 1 aliphatic heterocycles. The van der Waals surface area contributed by atoms with Crippen LogP contribution < -0.4 is 15.0 Å². The highest BCUT2D eigenvalue weighted by molar-refractivity contribution is 6.13. The molecular formula is C30H25F2N5O4. The number of hydrogen-bond donors (Lipinski definition) is 2. The van der Waals surface area contributed by atoms with E-state index in [9.17, 15) is 14.9 Å². The third kappa shape index (κ3) is 5.25. The largest absolute Gasteiger partial charge is 0.490 e. The van der Waals surface area contributed by atoms with Gasteiger partial charge in [-0.25, -0.2) is 0 Å². The van der Waals surface area contributed by atoms with E-state index >= 15 is 8.78 Å². The summed E-state index contributed by atoms with van der Waals surface area (Å²) in [6.45, 7) is 1.90. The Bertz CT molecular complexity index is 1630. The zero-order chi connectivity index (χ0) is 29.1. The normalized spacial score (nSPS) is 14.8. The van der Waals surface area contributed by atoms with Gasteiger partial charge in [-0.1, -0.05) is 42.5 Å². The maximum Gasteiger partial charge on any atom is 0.298 e. The summed E-state index contributed by atoms with van der Waals surface area (Å²) in [7, 11) is 0. The molecule has 11 heteroatoms. The fourth-order valence-corrected chi connectivity index (χ4v) is 4.74. The van der Waals surface area contributed by atoms with Crippen LogP contribution >= 0.6 is 0 Å². The van der Waals surface area contributed by atoms with Crippen LogP contribution in [-0.4, -0.2) is 46.0 Å². The number of fused-ring (bicyclic) bond motifs is 1. The van der Waals surface area contributed by atoms with Crippen LogP contribution in [0.25, 0.3) is 0 Å². The fraction of sp³-hybridized carbons (Fsp3) is 0.200. The Balaban J connectivity index is 1.38. The van der Waals surface area contributed by atoms with Crippen LogP contribution in [0.2, 0.25) is 0 Å². The number of carbonyl (C=O) groups is 2. The van der Waals surface area contributed by atoms with E-state index in [4.69, 9.17) is 9.84 Å². The number of aromatic nitrogens is 2. The van der Waals surface area contributed by atoms with Gasteiger partial charge in [0, 0.05) is 22.4 Å². The molecule has 0 fully saturated rings. The number of aliphatic hydroxyl groups excluding tert-OH is 1. The standard InChI is InChI=1S/C30H25F2N5O4/c1-19-18-36-27(25(17-34-36)35-28(39)20-7-12-26(41-14-13-38)21(15-20)16-33)29(40)37(19)24-10-8-23(9-11-24)30(31,32)22-5-3-2-4-6-22/h2-12,15,17,19,38H,13-14,18H2,1H3,(H,35,39)/t19-/m0/s1. The molecule has 3 aromatic carbocycles. The summed E-state index contributed by atoms with van der Waals surface area (Å²) in [6.07, 6.45) is 1.37. The van der Waals surface area contributed by atoms with Gasteiger partial charge in [-0.15, -0.1) is 0 Å². The van der Waals surface area contributed by atoms with Crippen molar-refractivity contribution in [2.75, 3.05) is 23.4 Å². The zero-order valence-electron chi connectivity index (χ0n) is 21.9. The average molecular weight is 558 g/mol. The molecule has 2 amide bonds. The summed E-state index contributed by atoms with van der Waals surface area (Å²) in [4.78, 5) is 28.2. The van der Waals surface area contributed by atoms with Crippen molar-refractivity contribution in [1.82, 2.24) is 9.78 Å². The molecule has 1 aromatic heterocycles. The summed E-state index contributed by atoms with van der Waals surface area (Å²) in [5, 5.41) is 25.3. The van der Waals surface area contributed by atoms with Crippen LogP contribution in [-0.2, 0) is 12.5 Å². The van der Waals surface area contributed by atoms with Crippen molar-refractivity contribution in [2.45, 2.75) is 25.4 Å². The van der Waals surface area contributed by atoms with Gasteiger partial charge in [-0.05, 0) is 37.3 Å². The molecule has 0 bridgehead atoms. The lowest BCUT2D eigenvalue weighted by Crippen LogP contribution is -2.47. The van der Waals surface area contributed by atoms with E-state index in [1.165, 1.54) is 70.4 Å². The monoisotopic (exact) mass is 557 g/mol. The van der Waals surface area contributed by atoms with Gasteiger partial charge in [-0.3, -0.25) is 14.3 Å². The summed E-state index contributed by atoms with van der Waals surface area (Å²) >= 11 is 0. The number of nitriles is 1. The van der Waals surface area contributed by atoms with Crippen LogP contribution in [0.1, 0.15) is 44.5 Å². The van der Waals surface area contributed by atoms with Crippen molar-refractivity contribution in [3.05, 3.63) is 107 Å². The maximum absolute atomic E-state index is 15.0. The Hall–Kier alpha value is -5.08. The van der Waals surface area contributed by atoms with Gasteiger partial charge < -0.3 is 20.1 Å². The molecule has 1 atom stereocenters. The molecule has 41 heavy (non-hydrogen) atoms. The molecule has 2 heterocycles. The molecule has 0 unspecified atom stereocenters. The van der Waals surface area contributed by atoms with Gasteiger partial charge in [0.1, 0.15) is 24.1 Å². The van der Waals surface area contributed by atoms with E-state index in [1.54, 1.807) is 18.2 Å². The zero-order valence-corrected chi connectivity index (χ0v) is 21.9. The lowest BCUT2D eigenvalue weighted by atomic mass is 9.99. The van der Waals surface area contributed by atoms with Crippen LogP contribution in [0.5, 0.6) is 5.75 Å². The molecule has 2 N–H and O–H groups in total. The number of anilines is 2. The molecule has 0 spiro atoms. The molecule has 1 aliphatic rings. The van der Waals surface area contributed by atoms with Gasteiger partial charge in [0.2, 0.25) is 0 Å². The average Bonchev–Trinajstić information content (AvgIpc) is 3.38. The van der Waals surface area contributed by atoms with Gasteiger partial charge in [-0.2, -0.15) is 19.1 Å². The van der Waals surface area contributed by atoms with Crippen molar-refractivity contribution < 1.29 is 28.2 Å². The van der Waals surface area contributed by atoms with Gasteiger partial charge in [0.05, 0.1) is 36.6 Å². The minimum Gasteiger partial charge on any atom is -0.490 e. The molecule has 0 aliphatic carbocycles. The number of benzene rings is 3. The number of amides is 2. The van der Waals surface area contributed by atoms with E-state index in [0.29, 0.717) is 12.2 Å². The van der Waals surface area contributed by atoms with Crippen molar-refractivity contribution >= 4 is 23.2 Å². The molecular weight excluding hydrogens is 532 g/mol. The SMILES string of the molecule is C[C@H]1Cn2ncc(NC(=O)c3ccc(OCCO)c(C#N)c3)c2C(=O)N1c1ccc(C(F)(F)c2ccccc2)cc1. The number of nitrogens with one attached hydrogen (secondary N) is 1. The highest BCUT2D eigenvalue weighted by Gasteiger charge is 2.37. The number of hydrogen-bond acceptors (Lipinski definition) is 6. The Morgan fingerprint density at radius 2 is 1.85 bits per heavy atom. The second-order valence-corrected chi connectivity index (χ2v) is 9.45. The van der Waals surface area contributed by atoms with Crippen LogP contribution in [0.4, 0.5) is 20.2 Å². The Kier molecular flexibility index (Phi) is 7.50. The minimum absolute atomic E-state index is 0.00200. The summed E-state index contributed by atoms with van der Waals surface area (Å²) in [6, 6.07) is 18.9. The molecule has 5 rings (SSSR count). The highest BCUT2D eigenvalue weighted by atomic mass is 19.3. The van der Waals surface area contributed by atoms with Gasteiger partial charge in [0.15, 0.2) is 0 Å². The first kappa shape index (κ1) is 27.5. The molecule has 0 radical (unpaired) electrons. The van der Waals surface area contributed by atoms with Gasteiger partial charge in [0.25, 0.3) is 17.7 Å². The van der Waals surface area contributed by atoms with Gasteiger partial charge >= 0.3 is 0 Å². The second kappa shape index (κ2) is 11.2. The molecule has 4 aromatic rings. The lowest BCUT2D eigenvalue weighted by molar-refractivity contribution is 0.0428. The Labute approximate surface area is 234 Å². The first-order valence-corrected chi connectivity index (χ1v) is 12.8.